The van der Waals surface area contributed by atoms with Gasteiger partial charge in [-0.25, -0.2) is 0 Å². The second kappa shape index (κ2) is 15.6. The Bertz CT molecular complexity index is 2320. The summed E-state index contributed by atoms with van der Waals surface area (Å²) >= 11 is 0. The van der Waals surface area contributed by atoms with Crippen LogP contribution in [0.15, 0.2) is 181 Å². The molecular formula is C51H50. The van der Waals surface area contributed by atoms with Crippen molar-refractivity contribution in [2.75, 3.05) is 0 Å². The van der Waals surface area contributed by atoms with Crippen molar-refractivity contribution in [1.82, 2.24) is 0 Å². The van der Waals surface area contributed by atoms with Gasteiger partial charge in [0.1, 0.15) is 0 Å². The summed E-state index contributed by atoms with van der Waals surface area (Å²) < 4.78 is 0. The Morgan fingerprint density at radius 1 is 0.627 bits per heavy atom. The van der Waals surface area contributed by atoms with Crippen molar-refractivity contribution in [2.24, 2.45) is 0 Å². The lowest BCUT2D eigenvalue weighted by Crippen LogP contribution is -1.98. The molecule has 0 aromatic heterocycles. The second-order valence-electron chi connectivity index (χ2n) is 14.0. The minimum absolute atomic E-state index is 0.230. The summed E-state index contributed by atoms with van der Waals surface area (Å²) in [6.07, 6.45) is 12.9. The van der Waals surface area contributed by atoms with Crippen LogP contribution in [0.5, 0.6) is 0 Å². The van der Waals surface area contributed by atoms with Crippen LogP contribution < -0.4 is 0 Å². The maximum Gasteiger partial charge on any atom is 0.00585 e. The minimum Gasteiger partial charge on any atom is -0.0985 e. The molecule has 0 heteroatoms. The van der Waals surface area contributed by atoms with Crippen LogP contribution in [0.2, 0.25) is 0 Å². The van der Waals surface area contributed by atoms with Gasteiger partial charge in [-0.1, -0.05) is 165 Å². The van der Waals surface area contributed by atoms with E-state index in [2.05, 4.69) is 182 Å². The monoisotopic (exact) mass is 662 g/mol. The average Bonchev–Trinajstić information content (AvgIpc) is 3.15. The molecule has 0 saturated heterocycles. The molecule has 6 aromatic rings. The maximum absolute atomic E-state index is 4.16. The minimum atomic E-state index is 0.230. The fourth-order valence-corrected chi connectivity index (χ4v) is 7.39. The van der Waals surface area contributed by atoms with Gasteiger partial charge in [0, 0.05) is 5.92 Å². The quantitative estimate of drug-likeness (QED) is 0.0736. The largest absolute Gasteiger partial charge is 0.0985 e. The topological polar surface area (TPSA) is 0 Å². The Morgan fingerprint density at radius 2 is 1.20 bits per heavy atom. The Hall–Kier alpha value is -5.46. The molecule has 6 rings (SSSR count). The molecule has 254 valence electrons. The molecule has 0 spiro atoms. The van der Waals surface area contributed by atoms with E-state index in [4.69, 9.17) is 0 Å². The first-order chi connectivity index (χ1) is 24.7. The number of hydrogen-bond acceptors (Lipinski definition) is 0. The van der Waals surface area contributed by atoms with Gasteiger partial charge in [0.05, 0.1) is 0 Å². The van der Waals surface area contributed by atoms with Crippen LogP contribution in [0.1, 0.15) is 64.5 Å². The predicted octanol–water partition coefficient (Wildman–Crippen LogP) is 15.2. The van der Waals surface area contributed by atoms with Crippen molar-refractivity contribution in [3.63, 3.8) is 0 Å². The number of hydrogen-bond donors (Lipinski definition) is 0. The first kappa shape index (κ1) is 35.4. The van der Waals surface area contributed by atoms with Crippen molar-refractivity contribution < 1.29 is 0 Å². The zero-order valence-corrected chi connectivity index (χ0v) is 31.2. The van der Waals surface area contributed by atoms with E-state index in [1.807, 2.05) is 12.2 Å². The normalized spacial score (nSPS) is 13.1. The van der Waals surface area contributed by atoms with Gasteiger partial charge in [0.15, 0.2) is 0 Å². The second-order valence-corrected chi connectivity index (χ2v) is 14.0. The molecule has 0 aliphatic carbocycles. The van der Waals surface area contributed by atoms with Gasteiger partial charge in [-0.3, -0.25) is 0 Å². The zero-order chi connectivity index (χ0) is 36.1. The lowest BCUT2D eigenvalue weighted by atomic mass is 9.84. The lowest BCUT2D eigenvalue weighted by Gasteiger charge is -2.20. The van der Waals surface area contributed by atoms with Crippen LogP contribution in [0, 0.1) is 6.92 Å². The standard InChI is InChI=1S/C51H50/c1-9-35(6)26-27-42(32-37(8)39(11-3)33-38(10-2)34(4)5)40-28-30-41(31-29-40)50-46-19-12-14-21-48(46)51(49-22-15-13-20-47(49)50)45-25-17-23-43-36(7)18-16-24-44(43)45/h10-26,28-33,42H,2-3,9,27H2,1,4-8H3/b35-26?,37-32+,39-33+. The molecule has 1 atom stereocenters. The number of rotatable bonds is 11. The van der Waals surface area contributed by atoms with Crippen LogP contribution in [-0.2, 0) is 0 Å². The number of allylic oxidation sites excluding steroid dienone is 10. The molecule has 0 nitrogen and oxygen atoms in total. The van der Waals surface area contributed by atoms with E-state index in [0.717, 1.165) is 24.0 Å². The van der Waals surface area contributed by atoms with Gasteiger partial charge in [-0.2, -0.15) is 0 Å². The van der Waals surface area contributed by atoms with Gasteiger partial charge in [0.2, 0.25) is 0 Å². The summed E-state index contributed by atoms with van der Waals surface area (Å²) in [6, 6.07) is 40.6. The zero-order valence-electron chi connectivity index (χ0n) is 31.2. The SMILES string of the molecule is C=CC(/C=C(C=C)/C(C)=C/C(CC=C(C)CC)c1ccc(-c2c3ccccc3c(-c3cccc4c(C)cccc34)c3ccccc23)cc1)=C(C)C. The van der Waals surface area contributed by atoms with Crippen LogP contribution in [-0.4, -0.2) is 0 Å². The third-order valence-electron chi connectivity index (χ3n) is 10.5. The Balaban J connectivity index is 1.51. The first-order valence-electron chi connectivity index (χ1n) is 18.3. The molecule has 0 amide bonds. The van der Waals surface area contributed by atoms with Gasteiger partial charge in [0.25, 0.3) is 0 Å². The summed E-state index contributed by atoms with van der Waals surface area (Å²) in [5, 5.41) is 7.70. The van der Waals surface area contributed by atoms with Gasteiger partial charge in [-0.15, -0.1) is 0 Å². The summed E-state index contributed by atoms with van der Waals surface area (Å²) in [5.74, 6) is 0.230. The number of aryl methyl sites for hydroxylation is 1. The van der Waals surface area contributed by atoms with E-state index in [1.165, 1.54) is 82.4 Å². The third kappa shape index (κ3) is 7.24. The molecule has 6 aromatic carbocycles. The lowest BCUT2D eigenvalue weighted by molar-refractivity contribution is 0.844. The molecule has 0 bridgehead atoms. The van der Waals surface area contributed by atoms with Crippen LogP contribution >= 0.6 is 0 Å². The van der Waals surface area contributed by atoms with E-state index in [1.54, 1.807) is 0 Å². The van der Waals surface area contributed by atoms with Crippen molar-refractivity contribution in [1.29, 1.82) is 0 Å². The molecule has 51 heavy (non-hydrogen) atoms. The molecule has 0 heterocycles. The number of benzene rings is 6. The highest BCUT2D eigenvalue weighted by atomic mass is 14.2. The van der Waals surface area contributed by atoms with Crippen molar-refractivity contribution in [3.05, 3.63) is 192 Å². The molecule has 0 fully saturated rings. The molecule has 1 unspecified atom stereocenters. The van der Waals surface area contributed by atoms with Crippen LogP contribution in [0.3, 0.4) is 0 Å². The van der Waals surface area contributed by atoms with Crippen LogP contribution in [0.4, 0.5) is 0 Å². The van der Waals surface area contributed by atoms with Gasteiger partial charge < -0.3 is 0 Å². The molecule has 0 aliphatic rings. The van der Waals surface area contributed by atoms with E-state index >= 15 is 0 Å². The molecule has 0 radical (unpaired) electrons. The predicted molar refractivity (Wildman–Crippen MR) is 227 cm³/mol. The molecular weight excluding hydrogens is 613 g/mol. The highest BCUT2D eigenvalue weighted by Crippen LogP contribution is 2.45. The van der Waals surface area contributed by atoms with Gasteiger partial charge >= 0.3 is 0 Å². The van der Waals surface area contributed by atoms with Crippen molar-refractivity contribution in [2.45, 2.75) is 60.3 Å². The molecule has 0 saturated carbocycles. The highest BCUT2D eigenvalue weighted by Gasteiger charge is 2.18. The fraction of sp³-hybridized carbons (Fsp3) is 0.176. The van der Waals surface area contributed by atoms with E-state index in [0.29, 0.717) is 0 Å². The molecule has 0 aliphatic heterocycles. The summed E-state index contributed by atoms with van der Waals surface area (Å²) in [5.41, 5.74) is 13.9. The Morgan fingerprint density at radius 3 is 1.76 bits per heavy atom. The maximum atomic E-state index is 4.16. The van der Waals surface area contributed by atoms with E-state index < -0.39 is 0 Å². The van der Waals surface area contributed by atoms with E-state index in [-0.39, 0.29) is 5.92 Å². The Kier molecular flexibility index (Phi) is 10.8. The number of fused-ring (bicyclic) bond motifs is 3. The van der Waals surface area contributed by atoms with Crippen molar-refractivity contribution >= 4 is 32.3 Å². The first-order valence-corrected chi connectivity index (χ1v) is 18.3. The smallest absolute Gasteiger partial charge is 0.00585 e. The third-order valence-corrected chi connectivity index (χ3v) is 10.5. The van der Waals surface area contributed by atoms with Crippen LogP contribution in [0.25, 0.3) is 54.6 Å². The summed E-state index contributed by atoms with van der Waals surface area (Å²) in [7, 11) is 0. The average molecular weight is 663 g/mol. The molecule has 0 N–H and O–H groups in total. The summed E-state index contributed by atoms with van der Waals surface area (Å²) in [6.45, 7) is 21.3. The van der Waals surface area contributed by atoms with Gasteiger partial charge in [-0.05, 0) is 136 Å². The Labute approximate surface area is 305 Å². The fourth-order valence-electron chi connectivity index (χ4n) is 7.39. The van der Waals surface area contributed by atoms with Crippen molar-refractivity contribution in [3.8, 4) is 22.3 Å². The highest BCUT2D eigenvalue weighted by molar-refractivity contribution is 6.23. The summed E-state index contributed by atoms with van der Waals surface area (Å²) in [4.78, 5) is 0. The van der Waals surface area contributed by atoms with E-state index in [9.17, 15) is 0 Å².